The van der Waals surface area contributed by atoms with E-state index < -0.39 is 109 Å². The molecule has 1 aliphatic rings. The quantitative estimate of drug-likeness (QED) is 0.00729. The minimum Gasteiger partial charge on any atom is -0.384 e. The Kier molecular flexibility index (Phi) is 51.2. The van der Waals surface area contributed by atoms with E-state index >= 15 is 0 Å². The molecule has 8 aromatic carbocycles. The zero-order valence-electron chi connectivity index (χ0n) is 75.8. The summed E-state index contributed by atoms with van der Waals surface area (Å²) < 4.78 is 118. The van der Waals surface area contributed by atoms with E-state index in [0.717, 1.165) is 38.9 Å². The third-order valence-corrected chi connectivity index (χ3v) is 24.1. The number of nitrogens with zero attached hydrogens (tertiary/aromatic N) is 1. The molecule has 8 aromatic rings. The molecule has 0 radical (unpaired) electrons. The summed E-state index contributed by atoms with van der Waals surface area (Å²) in [6, 6.07) is 58.1. The van der Waals surface area contributed by atoms with Crippen molar-refractivity contribution < 1.29 is 102 Å². The molecule has 1 aliphatic heterocycles. The lowest BCUT2D eigenvalue weighted by Gasteiger charge is -2.22. The van der Waals surface area contributed by atoms with Gasteiger partial charge in [0, 0.05) is 121 Å². The molecule has 1 fully saturated rings. The molecule has 32 nitrogen and oxygen atoms in total. The first-order chi connectivity index (χ1) is 64.6. The number of Topliss-reactive ketones (excluding diaryl/α,β-unsaturated/α-hetero) is 3. The predicted molar refractivity (Wildman–Crippen MR) is 516 cm³/mol. The number of hydroxylamine groups is 2. The topological polar surface area (TPSA) is 512 Å². The molecular formula is C100H130F3N13O19S2. The van der Waals surface area contributed by atoms with Gasteiger partial charge in [-0.1, -0.05) is 221 Å². The number of carbonyl (C=O) groups excluding carboxylic acids is 10. The number of nitrogens with two attached hydrogens (primary N) is 4. The molecule has 0 aliphatic carbocycles. The van der Waals surface area contributed by atoms with Crippen molar-refractivity contribution in [2.24, 2.45) is 34.8 Å². The van der Waals surface area contributed by atoms with Gasteiger partial charge in [0.15, 0.2) is 11.6 Å². The molecule has 0 saturated carbocycles. The fourth-order valence-corrected chi connectivity index (χ4v) is 16.9. The van der Waals surface area contributed by atoms with Gasteiger partial charge >= 0.3 is 18.1 Å². The molecule has 16 N–H and O–H groups in total. The number of benzene rings is 8. The van der Waals surface area contributed by atoms with Crippen LogP contribution in [-0.2, 0) is 168 Å². The van der Waals surface area contributed by atoms with Gasteiger partial charge in [-0.05, 0) is 125 Å². The molecular weight excluding hydrogens is 1810 g/mol. The van der Waals surface area contributed by atoms with Crippen LogP contribution in [0, 0.1) is 22.7 Å². The van der Waals surface area contributed by atoms with Crippen molar-refractivity contribution in [2.45, 2.75) is 186 Å². The number of amidine groups is 2. The fourth-order valence-electron chi connectivity index (χ4n) is 14.2. The number of carbonyl (C=O) groups is 10. The molecule has 1 heterocycles. The summed E-state index contributed by atoms with van der Waals surface area (Å²) in [5.41, 5.74) is 32.4. The van der Waals surface area contributed by atoms with E-state index in [4.69, 9.17) is 52.7 Å². The van der Waals surface area contributed by atoms with Gasteiger partial charge < -0.3 is 68.0 Å². The van der Waals surface area contributed by atoms with E-state index in [-0.39, 0.29) is 147 Å². The number of rotatable bonds is 57. The number of hydrogen-bond acceptors (Lipinski definition) is 23. The first-order valence-electron chi connectivity index (χ1n) is 44.2. The van der Waals surface area contributed by atoms with E-state index in [2.05, 4.69) is 30.2 Å². The van der Waals surface area contributed by atoms with Crippen molar-refractivity contribution in [3.63, 3.8) is 0 Å². The summed E-state index contributed by atoms with van der Waals surface area (Å²) in [6.45, 7) is 2.93. The summed E-state index contributed by atoms with van der Waals surface area (Å²) in [6.07, 6.45) is -1.96. The maximum absolute atomic E-state index is 14.3. The number of amides is 6. The molecule has 1 saturated heterocycles. The highest BCUT2D eigenvalue weighted by molar-refractivity contribution is 7.89. The SMILES string of the molecule is C.C.COCCOCCC(=O)ON1C(=O)CCC1=O.COCCOCCNC(=O)CCC(=O)CCc1cccc(CS(=O)(=O)N[C@H](CCCc2ccccc2)C(=O)C[C@@H](Cc2cccc(CN)c2)C(=O)NCc2ccc(C(=N)N)cc2)c1.N=C(N)c1ccc(CNC(=O)[C@@H](CC(=O)[C@@H](CCCc2ccccc2)NS(=O)(=O)Cc2cccc(CN)c2)Cc2cccc(CNC(=O)C(F)(F)F)c2)cc1. The Bertz CT molecular complexity index is 5440. The van der Waals surface area contributed by atoms with Gasteiger partial charge in [0.1, 0.15) is 17.5 Å². The second-order valence-corrected chi connectivity index (χ2v) is 35.7. The van der Waals surface area contributed by atoms with Crippen LogP contribution in [0.3, 0.4) is 0 Å². The summed E-state index contributed by atoms with van der Waals surface area (Å²) in [5, 5.41) is 26.1. The first-order valence-corrected chi connectivity index (χ1v) is 47.5. The van der Waals surface area contributed by atoms with Crippen LogP contribution in [0.2, 0.25) is 0 Å². The van der Waals surface area contributed by atoms with Crippen molar-refractivity contribution in [3.05, 3.63) is 284 Å². The third-order valence-electron chi connectivity index (χ3n) is 21.4. The van der Waals surface area contributed by atoms with E-state index in [9.17, 15) is 78.0 Å². The zero-order chi connectivity index (χ0) is 98.1. The second-order valence-electron chi connectivity index (χ2n) is 32.2. The van der Waals surface area contributed by atoms with Gasteiger partial charge in [-0.3, -0.25) is 54.0 Å². The van der Waals surface area contributed by atoms with Gasteiger partial charge in [-0.2, -0.15) is 13.2 Å². The summed E-state index contributed by atoms with van der Waals surface area (Å²) >= 11 is 0. The van der Waals surface area contributed by atoms with E-state index in [1.165, 1.54) is 12.1 Å². The Morgan fingerprint density at radius 2 is 0.832 bits per heavy atom. The minimum atomic E-state index is -5.05. The van der Waals surface area contributed by atoms with Crippen molar-refractivity contribution in [3.8, 4) is 0 Å². The van der Waals surface area contributed by atoms with Gasteiger partial charge in [0.25, 0.3) is 11.8 Å². The van der Waals surface area contributed by atoms with Crippen LogP contribution in [0.15, 0.2) is 206 Å². The molecule has 0 aromatic heterocycles. The van der Waals surface area contributed by atoms with Crippen molar-refractivity contribution in [1.82, 2.24) is 35.8 Å². The van der Waals surface area contributed by atoms with Crippen LogP contribution < -0.4 is 53.6 Å². The molecule has 0 unspecified atom stereocenters. The molecule has 137 heavy (non-hydrogen) atoms. The van der Waals surface area contributed by atoms with Gasteiger partial charge in [-0.15, -0.1) is 5.06 Å². The molecule has 742 valence electrons. The number of nitrogens with one attached hydrogen (secondary N) is 8. The average molecular weight is 1940 g/mol. The number of imide groups is 1. The Morgan fingerprint density at radius 1 is 0.438 bits per heavy atom. The third kappa shape index (κ3) is 44.5. The molecule has 0 bridgehead atoms. The Morgan fingerprint density at radius 3 is 1.27 bits per heavy atom. The number of sulfonamides is 2. The van der Waals surface area contributed by atoms with Crippen LogP contribution in [0.1, 0.15) is 170 Å². The highest BCUT2D eigenvalue weighted by atomic mass is 32.2. The smallest absolute Gasteiger partial charge is 0.384 e. The lowest BCUT2D eigenvalue weighted by Crippen LogP contribution is -2.43. The number of nitrogen functional groups attached to an aromatic ring is 2. The van der Waals surface area contributed by atoms with Gasteiger partial charge in [-0.25, -0.2) is 31.1 Å². The predicted octanol–water partition coefficient (Wildman–Crippen LogP) is 9.91. The van der Waals surface area contributed by atoms with Crippen molar-refractivity contribution >= 4 is 90.5 Å². The summed E-state index contributed by atoms with van der Waals surface area (Å²) in [7, 11) is -5.00. The molecule has 6 amide bonds. The summed E-state index contributed by atoms with van der Waals surface area (Å²) in [4.78, 5) is 130. The van der Waals surface area contributed by atoms with Crippen LogP contribution in [0.5, 0.6) is 0 Å². The Balaban J connectivity index is 0.000000409. The summed E-state index contributed by atoms with van der Waals surface area (Å²) in [5.74, 6) is -8.62. The normalized spacial score (nSPS) is 12.7. The highest BCUT2D eigenvalue weighted by Gasteiger charge is 2.39. The van der Waals surface area contributed by atoms with Crippen molar-refractivity contribution in [2.75, 3.05) is 60.4 Å². The van der Waals surface area contributed by atoms with Crippen LogP contribution >= 0.6 is 0 Å². The monoisotopic (exact) mass is 1940 g/mol. The van der Waals surface area contributed by atoms with Crippen LogP contribution in [0.4, 0.5) is 13.2 Å². The number of halogens is 3. The largest absolute Gasteiger partial charge is 0.471 e. The highest BCUT2D eigenvalue weighted by Crippen LogP contribution is 2.25. The van der Waals surface area contributed by atoms with E-state index in [1.807, 2.05) is 96.3 Å². The Labute approximate surface area is 800 Å². The lowest BCUT2D eigenvalue weighted by molar-refractivity contribution is -0.198. The number of methoxy groups -OCH3 is 2. The maximum atomic E-state index is 14.3. The van der Waals surface area contributed by atoms with Crippen molar-refractivity contribution in [1.29, 1.82) is 10.8 Å². The molecule has 0 spiro atoms. The first kappa shape index (κ1) is 115. The molecule has 4 atom stereocenters. The van der Waals surface area contributed by atoms with E-state index in [1.54, 1.807) is 117 Å². The number of alkyl halides is 3. The van der Waals surface area contributed by atoms with Crippen LogP contribution in [-0.4, -0.2) is 171 Å². The number of hydrogen-bond donors (Lipinski definition) is 12. The zero-order valence-corrected chi connectivity index (χ0v) is 77.5. The minimum absolute atomic E-state index is 0. The van der Waals surface area contributed by atoms with Gasteiger partial charge in [0.05, 0.1) is 69.7 Å². The number of ketones is 3. The maximum Gasteiger partial charge on any atom is 0.471 e. The lowest BCUT2D eigenvalue weighted by atomic mass is 9.89. The standard InChI is InChI=1S/C48H62N6O8S.C40H45F3N6O5S.C10H15NO6.2CH4/c1-61-26-27-62-25-24-52-46(57)23-22-43(55)21-18-36-11-5-14-40(28-36)34-63(59,60)54-44(15-7-10-35-8-3-2-4-9-35)45(56)31-42(30-38-12-6-13-39(29-38)32-49)48(58)53-33-37-16-19-41(20-17-37)47(50)51;41-40(42,43)39(52)48-25-31-12-4-10-29(19-31)21-34(38(51)47-24-28-15-17-33(18-16-28)37(45)46)22-36(50)35(14-6-9-27-7-2-1-3-8-27)49-55(53,54)26-32-13-5-11-30(20-32)23-44;1-15-6-7-16-5-4-10(14)17-11-8(12)2-3-9(11)13;;/h2-6,8-9,11-14,16-17,19-20,28-29,42,44,54H,7,10,15,18,21-27,30-34,49H2,1H3,(H3,50,51)(H,52,57)(H,53,58);1-5,7-8,10-13,15-20,34-35,49H,6,9,14,21-26,44H2,(H3,45,46)(H,47,51)(H,48,52);2-7H2,1H3;2*1H4/t42-,44-;34-,35-;;;/m11.../s1. The molecule has 9 rings (SSSR count). The number of aryl methyl sites for hydroxylation is 3. The number of ether oxygens (including phenoxy) is 4. The van der Waals surface area contributed by atoms with Gasteiger partial charge in [0.2, 0.25) is 37.8 Å². The second kappa shape index (κ2) is 60.9. The van der Waals surface area contributed by atoms with E-state index in [0.29, 0.717) is 122 Å². The fraction of sp³-hybridized carbons (Fsp3) is 0.400. The average Bonchev–Trinajstić information content (AvgIpc) is 1.45. The van der Waals surface area contributed by atoms with Crippen LogP contribution in [0.25, 0.3) is 0 Å². The Hall–Kier alpha value is -12.4. The molecule has 37 heteroatoms.